The summed E-state index contributed by atoms with van der Waals surface area (Å²) >= 11 is 0. The predicted molar refractivity (Wildman–Crippen MR) is 99.7 cm³/mol. The number of hydrogen-bond acceptors (Lipinski definition) is 5. The van der Waals surface area contributed by atoms with Crippen LogP contribution in [0.25, 0.3) is 21.9 Å². The molecule has 0 spiro atoms. The monoisotopic (exact) mass is 354 g/mol. The van der Waals surface area contributed by atoms with Gasteiger partial charge in [-0.3, -0.25) is 0 Å². The lowest BCUT2D eigenvalue weighted by Crippen LogP contribution is -2.03. The Labute approximate surface area is 151 Å². The van der Waals surface area contributed by atoms with Crippen LogP contribution in [0.4, 0.5) is 0 Å². The second-order valence-electron chi connectivity index (χ2n) is 7.31. The van der Waals surface area contributed by atoms with E-state index in [-0.39, 0.29) is 5.60 Å². The number of epoxide rings is 1. The molecular formula is C21H22O5. The van der Waals surface area contributed by atoms with E-state index in [1.807, 2.05) is 6.07 Å². The van der Waals surface area contributed by atoms with Gasteiger partial charge in [0.15, 0.2) is 0 Å². The van der Waals surface area contributed by atoms with Gasteiger partial charge in [-0.1, -0.05) is 5.57 Å². The van der Waals surface area contributed by atoms with Crippen LogP contribution in [0.1, 0.15) is 33.6 Å². The first-order valence-electron chi connectivity index (χ1n) is 8.84. The van der Waals surface area contributed by atoms with Gasteiger partial charge in [-0.05, 0) is 51.8 Å². The van der Waals surface area contributed by atoms with Gasteiger partial charge in [0.05, 0.1) is 28.7 Å². The maximum atomic E-state index is 11.5. The van der Waals surface area contributed by atoms with Crippen LogP contribution in [-0.4, -0.2) is 18.3 Å². The van der Waals surface area contributed by atoms with E-state index in [0.29, 0.717) is 29.6 Å². The van der Waals surface area contributed by atoms with Gasteiger partial charge in [0.1, 0.15) is 23.5 Å². The Morgan fingerprint density at radius 1 is 1.23 bits per heavy atom. The molecular weight excluding hydrogens is 332 g/mol. The molecule has 1 fully saturated rings. The number of fused-ring (bicyclic) bond motifs is 2. The maximum Gasteiger partial charge on any atom is 0.336 e. The predicted octanol–water partition coefficient (Wildman–Crippen LogP) is 4.82. The lowest BCUT2D eigenvalue weighted by atomic mass is 10.0. The Balaban J connectivity index is 1.51. The van der Waals surface area contributed by atoms with Crippen molar-refractivity contribution in [2.75, 3.05) is 6.61 Å². The van der Waals surface area contributed by atoms with Gasteiger partial charge in [-0.2, -0.15) is 0 Å². The molecule has 0 N–H and O–H groups in total. The molecule has 1 aliphatic rings. The van der Waals surface area contributed by atoms with Crippen molar-refractivity contribution in [2.45, 2.75) is 45.3 Å². The molecule has 1 saturated heterocycles. The molecule has 1 atom stereocenters. The van der Waals surface area contributed by atoms with E-state index in [1.54, 1.807) is 18.4 Å². The minimum Gasteiger partial charge on any atom is -0.488 e. The van der Waals surface area contributed by atoms with Crippen molar-refractivity contribution in [3.63, 3.8) is 0 Å². The summed E-state index contributed by atoms with van der Waals surface area (Å²) in [7, 11) is 0. The first-order valence-corrected chi connectivity index (χ1v) is 8.84. The summed E-state index contributed by atoms with van der Waals surface area (Å²) in [6.45, 7) is 6.79. The third-order valence-corrected chi connectivity index (χ3v) is 4.93. The Morgan fingerprint density at radius 3 is 2.77 bits per heavy atom. The van der Waals surface area contributed by atoms with Gasteiger partial charge in [-0.25, -0.2) is 4.79 Å². The van der Waals surface area contributed by atoms with Crippen LogP contribution >= 0.6 is 0 Å². The molecule has 4 rings (SSSR count). The van der Waals surface area contributed by atoms with Gasteiger partial charge in [0.2, 0.25) is 0 Å². The summed E-state index contributed by atoms with van der Waals surface area (Å²) in [5, 5.41) is 1.63. The van der Waals surface area contributed by atoms with Gasteiger partial charge in [0, 0.05) is 12.1 Å². The molecule has 3 aromatic rings. The summed E-state index contributed by atoms with van der Waals surface area (Å²) in [5.41, 5.74) is 2.01. The van der Waals surface area contributed by atoms with E-state index in [2.05, 4.69) is 26.8 Å². The van der Waals surface area contributed by atoms with Crippen molar-refractivity contribution in [3.05, 3.63) is 52.6 Å². The van der Waals surface area contributed by atoms with Crippen molar-refractivity contribution in [1.29, 1.82) is 0 Å². The zero-order valence-corrected chi connectivity index (χ0v) is 15.2. The van der Waals surface area contributed by atoms with Crippen molar-refractivity contribution in [1.82, 2.24) is 0 Å². The van der Waals surface area contributed by atoms with Gasteiger partial charge in [0.25, 0.3) is 0 Å². The number of furan rings is 1. The number of rotatable bonds is 6. The van der Waals surface area contributed by atoms with Crippen molar-refractivity contribution in [3.8, 4) is 5.75 Å². The smallest absolute Gasteiger partial charge is 0.336 e. The first-order chi connectivity index (χ1) is 12.4. The van der Waals surface area contributed by atoms with E-state index >= 15 is 0 Å². The minimum absolute atomic E-state index is 0.0382. The molecule has 3 heterocycles. The highest BCUT2D eigenvalue weighted by Crippen LogP contribution is 2.39. The molecule has 2 aromatic heterocycles. The Bertz CT molecular complexity index is 1040. The largest absolute Gasteiger partial charge is 0.488 e. The normalized spacial score (nSPS) is 19.2. The molecule has 136 valence electrons. The van der Waals surface area contributed by atoms with Crippen LogP contribution in [0.5, 0.6) is 5.75 Å². The molecule has 1 unspecified atom stereocenters. The zero-order chi connectivity index (χ0) is 18.3. The van der Waals surface area contributed by atoms with Crippen LogP contribution in [0.15, 0.2) is 55.8 Å². The number of benzene rings is 1. The molecule has 1 aliphatic heterocycles. The van der Waals surface area contributed by atoms with E-state index in [4.69, 9.17) is 18.3 Å². The fourth-order valence-corrected chi connectivity index (χ4v) is 3.23. The van der Waals surface area contributed by atoms with Crippen LogP contribution in [0, 0.1) is 0 Å². The second-order valence-corrected chi connectivity index (χ2v) is 7.31. The highest BCUT2D eigenvalue weighted by molar-refractivity contribution is 6.01. The van der Waals surface area contributed by atoms with Crippen LogP contribution in [0.2, 0.25) is 0 Å². The summed E-state index contributed by atoms with van der Waals surface area (Å²) in [5.74, 6) is 0.672. The molecule has 5 nitrogen and oxygen atoms in total. The number of ether oxygens (including phenoxy) is 2. The minimum atomic E-state index is -0.393. The standard InChI is InChI=1S/C21H22O5/c1-13(4-6-18-21(2,3)26-18)8-10-24-20-14-5-7-19(22)25-17(14)12-16-15(20)9-11-23-16/h5,7-9,11-12,18H,4,6,10H2,1-3H3/b13-8+. The Hall–Kier alpha value is -2.53. The molecule has 0 amide bonds. The third-order valence-electron chi connectivity index (χ3n) is 4.93. The van der Waals surface area contributed by atoms with Gasteiger partial charge >= 0.3 is 5.63 Å². The molecule has 5 heteroatoms. The second kappa shape index (κ2) is 6.32. The van der Waals surface area contributed by atoms with Crippen molar-refractivity contribution >= 4 is 21.9 Å². The van der Waals surface area contributed by atoms with Gasteiger partial charge < -0.3 is 18.3 Å². The van der Waals surface area contributed by atoms with E-state index in [1.165, 1.54) is 11.6 Å². The SMILES string of the molecule is C/C(=C\COc1c2ccoc2cc2oc(=O)ccc12)CCC1OC1(C)C. The van der Waals surface area contributed by atoms with Gasteiger partial charge in [-0.15, -0.1) is 0 Å². The zero-order valence-electron chi connectivity index (χ0n) is 15.2. The molecule has 26 heavy (non-hydrogen) atoms. The topological polar surface area (TPSA) is 65.1 Å². The van der Waals surface area contributed by atoms with Crippen LogP contribution < -0.4 is 10.4 Å². The third kappa shape index (κ3) is 3.27. The Kier molecular flexibility index (Phi) is 4.11. The van der Waals surface area contributed by atoms with Crippen LogP contribution in [-0.2, 0) is 4.74 Å². The fraction of sp³-hybridized carbons (Fsp3) is 0.381. The Morgan fingerprint density at radius 2 is 2.00 bits per heavy atom. The summed E-state index contributed by atoms with van der Waals surface area (Å²) < 4.78 is 22.4. The molecule has 1 aromatic carbocycles. The number of allylic oxidation sites excluding steroid dienone is 1. The molecule has 0 aliphatic carbocycles. The summed E-state index contributed by atoms with van der Waals surface area (Å²) in [4.78, 5) is 11.5. The number of hydrogen-bond donors (Lipinski definition) is 0. The quantitative estimate of drug-likeness (QED) is 0.361. The van der Waals surface area contributed by atoms with E-state index in [0.717, 1.165) is 23.6 Å². The summed E-state index contributed by atoms with van der Waals surface area (Å²) in [6, 6.07) is 6.71. The van der Waals surface area contributed by atoms with Crippen molar-refractivity contribution < 1.29 is 18.3 Å². The van der Waals surface area contributed by atoms with Crippen LogP contribution in [0.3, 0.4) is 0 Å². The summed E-state index contributed by atoms with van der Waals surface area (Å²) in [6.07, 6.45) is 6.06. The molecule has 0 bridgehead atoms. The highest BCUT2D eigenvalue weighted by Gasteiger charge is 2.46. The lowest BCUT2D eigenvalue weighted by molar-refractivity contribution is 0.320. The highest BCUT2D eigenvalue weighted by atomic mass is 16.6. The van der Waals surface area contributed by atoms with E-state index < -0.39 is 5.63 Å². The fourth-order valence-electron chi connectivity index (χ4n) is 3.23. The molecule has 0 saturated carbocycles. The maximum absolute atomic E-state index is 11.5. The first kappa shape index (κ1) is 16.9. The van der Waals surface area contributed by atoms with E-state index in [9.17, 15) is 4.79 Å². The average Bonchev–Trinajstić information content (AvgIpc) is 2.98. The average molecular weight is 354 g/mol. The van der Waals surface area contributed by atoms with Crippen molar-refractivity contribution in [2.24, 2.45) is 0 Å². The lowest BCUT2D eigenvalue weighted by Gasteiger charge is -2.09. The molecule has 0 radical (unpaired) electrons.